The minimum atomic E-state index is -0.199. The van der Waals surface area contributed by atoms with Crippen molar-refractivity contribution in [1.29, 1.82) is 0 Å². The Morgan fingerprint density at radius 2 is 1.59 bits per heavy atom. The molecule has 0 fully saturated rings. The number of nitrogens with one attached hydrogen (secondary N) is 1. The number of rotatable bonds is 6. The Morgan fingerprint density at radius 1 is 1.05 bits per heavy atom. The molecule has 0 unspecified atom stereocenters. The molecular weight excluding hydrogens is 280 g/mol. The summed E-state index contributed by atoms with van der Waals surface area (Å²) < 4.78 is 11.0. The zero-order valence-electron chi connectivity index (χ0n) is 12.8. The predicted molar refractivity (Wildman–Crippen MR) is 87.6 cm³/mol. The Morgan fingerprint density at radius 3 is 2.09 bits per heavy atom. The third kappa shape index (κ3) is 3.69. The molecule has 0 saturated carbocycles. The second kappa shape index (κ2) is 7.36. The number of carbonyl (C=O) groups excluding carboxylic acids is 1. The molecule has 0 radical (unpaired) electrons. The van der Waals surface area contributed by atoms with Crippen molar-refractivity contribution >= 4 is 17.3 Å². The lowest BCUT2D eigenvalue weighted by Crippen LogP contribution is -2.12. The van der Waals surface area contributed by atoms with Crippen molar-refractivity contribution in [3.8, 4) is 11.5 Å². The van der Waals surface area contributed by atoms with Crippen molar-refractivity contribution in [2.45, 2.75) is 13.8 Å². The van der Waals surface area contributed by atoms with E-state index in [1.165, 1.54) is 0 Å². The van der Waals surface area contributed by atoms with Gasteiger partial charge in [-0.1, -0.05) is 18.2 Å². The van der Waals surface area contributed by atoms with Crippen LogP contribution in [0.3, 0.4) is 0 Å². The summed E-state index contributed by atoms with van der Waals surface area (Å²) in [6, 6.07) is 12.4. The quantitative estimate of drug-likeness (QED) is 0.803. The number of nitrogen functional groups attached to an aromatic ring is 1. The predicted octanol–water partition coefficient (Wildman–Crippen LogP) is 3.32. The molecule has 5 heteroatoms. The molecule has 2 rings (SSSR count). The molecule has 0 saturated heterocycles. The topological polar surface area (TPSA) is 73.6 Å². The summed E-state index contributed by atoms with van der Waals surface area (Å²) >= 11 is 0. The Bertz CT molecular complexity index is 615. The lowest BCUT2D eigenvalue weighted by atomic mass is 10.2. The van der Waals surface area contributed by atoms with Crippen LogP contribution >= 0.6 is 0 Å². The van der Waals surface area contributed by atoms with Crippen molar-refractivity contribution in [3.63, 3.8) is 0 Å². The van der Waals surface area contributed by atoms with Crippen LogP contribution in [0.4, 0.5) is 11.4 Å². The van der Waals surface area contributed by atoms with Crippen LogP contribution in [0.15, 0.2) is 42.5 Å². The molecule has 5 nitrogen and oxygen atoms in total. The average molecular weight is 300 g/mol. The molecule has 2 aromatic carbocycles. The molecule has 0 aliphatic carbocycles. The lowest BCUT2D eigenvalue weighted by molar-refractivity contribution is 0.102. The van der Waals surface area contributed by atoms with Gasteiger partial charge in [0.15, 0.2) is 0 Å². The molecule has 0 atom stereocenters. The first kappa shape index (κ1) is 15.7. The van der Waals surface area contributed by atoms with Crippen molar-refractivity contribution in [2.75, 3.05) is 24.3 Å². The number of ether oxygens (including phenoxy) is 2. The van der Waals surface area contributed by atoms with E-state index in [0.717, 1.165) is 0 Å². The fraction of sp³-hybridized carbons (Fsp3) is 0.235. The zero-order valence-corrected chi connectivity index (χ0v) is 12.8. The molecule has 0 bridgehead atoms. The maximum atomic E-state index is 12.2. The van der Waals surface area contributed by atoms with Crippen LogP contribution in [0.1, 0.15) is 24.2 Å². The van der Waals surface area contributed by atoms with Crippen molar-refractivity contribution in [2.24, 2.45) is 0 Å². The highest BCUT2D eigenvalue weighted by molar-refractivity contribution is 6.04. The van der Waals surface area contributed by atoms with E-state index in [0.29, 0.717) is 41.7 Å². The third-order valence-corrected chi connectivity index (χ3v) is 3.00. The first-order valence-electron chi connectivity index (χ1n) is 7.21. The summed E-state index contributed by atoms with van der Waals surface area (Å²) in [6.07, 6.45) is 0. The molecule has 0 heterocycles. The van der Waals surface area contributed by atoms with Gasteiger partial charge >= 0.3 is 0 Å². The highest BCUT2D eigenvalue weighted by atomic mass is 16.5. The van der Waals surface area contributed by atoms with Crippen LogP contribution < -0.4 is 20.5 Å². The number of amides is 1. The van der Waals surface area contributed by atoms with Gasteiger partial charge in [-0.3, -0.25) is 4.79 Å². The van der Waals surface area contributed by atoms with Crippen LogP contribution in [-0.4, -0.2) is 19.1 Å². The van der Waals surface area contributed by atoms with Gasteiger partial charge < -0.3 is 20.5 Å². The number of carbonyl (C=O) groups is 1. The van der Waals surface area contributed by atoms with E-state index in [1.807, 2.05) is 32.0 Å². The Balaban J connectivity index is 2.28. The Kier molecular flexibility index (Phi) is 5.25. The highest BCUT2D eigenvalue weighted by Gasteiger charge is 2.13. The van der Waals surface area contributed by atoms with Crippen LogP contribution in [0.2, 0.25) is 0 Å². The van der Waals surface area contributed by atoms with E-state index in [2.05, 4.69) is 5.32 Å². The first-order chi connectivity index (χ1) is 10.7. The van der Waals surface area contributed by atoms with Crippen LogP contribution in [0.25, 0.3) is 0 Å². The van der Waals surface area contributed by atoms with E-state index in [9.17, 15) is 4.79 Å². The average Bonchev–Trinajstić information content (AvgIpc) is 2.53. The van der Waals surface area contributed by atoms with Crippen molar-refractivity contribution in [1.82, 2.24) is 0 Å². The van der Waals surface area contributed by atoms with Crippen LogP contribution in [0, 0.1) is 0 Å². The minimum absolute atomic E-state index is 0.199. The van der Waals surface area contributed by atoms with Gasteiger partial charge in [0, 0.05) is 23.4 Å². The van der Waals surface area contributed by atoms with Crippen molar-refractivity contribution in [3.05, 3.63) is 48.0 Å². The Hall–Kier alpha value is -2.69. The number of benzene rings is 2. The largest absolute Gasteiger partial charge is 0.491 e. The van der Waals surface area contributed by atoms with E-state index in [1.54, 1.807) is 24.3 Å². The monoisotopic (exact) mass is 300 g/mol. The van der Waals surface area contributed by atoms with Gasteiger partial charge in [0.05, 0.1) is 13.2 Å². The summed E-state index contributed by atoms with van der Waals surface area (Å²) in [7, 11) is 0. The molecule has 1 amide bonds. The molecule has 116 valence electrons. The standard InChI is InChI=1S/C17H20N2O3/c1-3-21-14-10-13(11-15(16(14)18)22-4-2)19-17(20)12-8-6-5-7-9-12/h5-11H,3-4,18H2,1-2H3,(H,19,20). The van der Waals surface area contributed by atoms with E-state index in [4.69, 9.17) is 15.2 Å². The molecule has 0 aromatic heterocycles. The number of hydrogen-bond acceptors (Lipinski definition) is 4. The van der Waals surface area contributed by atoms with Crippen molar-refractivity contribution < 1.29 is 14.3 Å². The fourth-order valence-corrected chi connectivity index (χ4v) is 2.02. The fourth-order valence-electron chi connectivity index (χ4n) is 2.02. The maximum absolute atomic E-state index is 12.2. The van der Waals surface area contributed by atoms with Gasteiger partial charge in [-0.25, -0.2) is 0 Å². The van der Waals surface area contributed by atoms with Gasteiger partial charge in [0.1, 0.15) is 17.2 Å². The summed E-state index contributed by atoms with van der Waals surface area (Å²) in [4.78, 5) is 12.2. The molecule has 22 heavy (non-hydrogen) atoms. The van der Waals surface area contributed by atoms with Crippen LogP contribution in [-0.2, 0) is 0 Å². The van der Waals surface area contributed by atoms with Gasteiger partial charge in [-0.15, -0.1) is 0 Å². The smallest absolute Gasteiger partial charge is 0.255 e. The summed E-state index contributed by atoms with van der Waals surface area (Å²) in [5.41, 5.74) is 7.59. The molecule has 0 spiro atoms. The number of hydrogen-bond donors (Lipinski definition) is 2. The second-order valence-corrected chi connectivity index (χ2v) is 4.57. The maximum Gasteiger partial charge on any atom is 0.255 e. The van der Waals surface area contributed by atoms with E-state index < -0.39 is 0 Å². The molecule has 0 aliphatic heterocycles. The summed E-state index contributed by atoms with van der Waals surface area (Å²) in [6.45, 7) is 4.70. The summed E-state index contributed by atoms with van der Waals surface area (Å²) in [5.74, 6) is 0.795. The van der Waals surface area contributed by atoms with Gasteiger partial charge in [-0.2, -0.15) is 0 Å². The lowest BCUT2D eigenvalue weighted by Gasteiger charge is -2.15. The first-order valence-corrected chi connectivity index (χ1v) is 7.21. The number of anilines is 2. The molecule has 2 aromatic rings. The van der Waals surface area contributed by atoms with Gasteiger partial charge in [-0.05, 0) is 26.0 Å². The SMILES string of the molecule is CCOc1cc(NC(=O)c2ccccc2)cc(OCC)c1N. The molecule has 0 aliphatic rings. The van der Waals surface area contributed by atoms with Gasteiger partial charge in [0.2, 0.25) is 0 Å². The number of nitrogens with two attached hydrogens (primary N) is 1. The molecule has 3 N–H and O–H groups in total. The minimum Gasteiger partial charge on any atom is -0.491 e. The zero-order chi connectivity index (χ0) is 15.9. The van der Waals surface area contributed by atoms with Gasteiger partial charge in [0.25, 0.3) is 5.91 Å². The normalized spacial score (nSPS) is 10.1. The second-order valence-electron chi connectivity index (χ2n) is 4.57. The van der Waals surface area contributed by atoms with Crippen LogP contribution in [0.5, 0.6) is 11.5 Å². The summed E-state index contributed by atoms with van der Waals surface area (Å²) in [5, 5.41) is 2.83. The van der Waals surface area contributed by atoms with E-state index >= 15 is 0 Å². The Labute approximate surface area is 130 Å². The van der Waals surface area contributed by atoms with E-state index in [-0.39, 0.29) is 5.91 Å². The third-order valence-electron chi connectivity index (χ3n) is 3.00. The molecular formula is C17H20N2O3. The highest BCUT2D eigenvalue weighted by Crippen LogP contribution is 2.35.